The Morgan fingerprint density at radius 2 is 2.33 bits per heavy atom. The number of carboxylic acids is 1. The maximum Gasteiger partial charge on any atom is 0.371 e. The van der Waals surface area contributed by atoms with Gasteiger partial charge in [-0.1, -0.05) is 0 Å². The first-order valence-electron chi connectivity index (χ1n) is 4.35. The minimum absolute atomic E-state index is 0.190. The molecule has 1 heterocycles. The SMILES string of the molecule is COCCCS(=O)c1ccc(C(=O)O)o1. The van der Waals surface area contributed by atoms with Gasteiger partial charge in [-0.3, -0.25) is 4.21 Å². The van der Waals surface area contributed by atoms with Gasteiger partial charge < -0.3 is 14.3 Å². The summed E-state index contributed by atoms with van der Waals surface area (Å²) in [6, 6.07) is 2.72. The summed E-state index contributed by atoms with van der Waals surface area (Å²) in [5, 5.41) is 8.78. The Morgan fingerprint density at radius 1 is 1.60 bits per heavy atom. The molecule has 0 aliphatic carbocycles. The maximum absolute atomic E-state index is 11.5. The fourth-order valence-corrected chi connectivity index (χ4v) is 1.98. The summed E-state index contributed by atoms with van der Waals surface area (Å²) in [7, 11) is 0.277. The van der Waals surface area contributed by atoms with Gasteiger partial charge in [-0.2, -0.15) is 0 Å². The van der Waals surface area contributed by atoms with Crippen molar-refractivity contribution in [1.82, 2.24) is 0 Å². The average Bonchev–Trinajstić information content (AvgIpc) is 2.66. The third kappa shape index (κ3) is 3.49. The van der Waals surface area contributed by atoms with Crippen LogP contribution in [0.1, 0.15) is 17.0 Å². The minimum atomic E-state index is -1.29. The Labute approximate surface area is 89.5 Å². The second kappa shape index (κ2) is 5.67. The molecule has 0 fully saturated rings. The van der Waals surface area contributed by atoms with E-state index < -0.39 is 16.8 Å². The number of ether oxygens (including phenoxy) is 1. The van der Waals surface area contributed by atoms with Crippen molar-refractivity contribution in [2.24, 2.45) is 0 Å². The van der Waals surface area contributed by atoms with Crippen LogP contribution in [0.3, 0.4) is 0 Å². The van der Waals surface area contributed by atoms with Gasteiger partial charge in [0, 0.05) is 19.5 Å². The lowest BCUT2D eigenvalue weighted by molar-refractivity contribution is 0.0656. The number of carbonyl (C=O) groups is 1. The Balaban J connectivity index is 2.54. The zero-order valence-electron chi connectivity index (χ0n) is 8.26. The van der Waals surface area contributed by atoms with Crippen molar-refractivity contribution in [2.45, 2.75) is 11.5 Å². The van der Waals surface area contributed by atoms with Crippen LogP contribution in [0.2, 0.25) is 0 Å². The quantitative estimate of drug-likeness (QED) is 0.744. The van der Waals surface area contributed by atoms with E-state index in [1.807, 2.05) is 0 Å². The maximum atomic E-state index is 11.5. The smallest absolute Gasteiger partial charge is 0.371 e. The monoisotopic (exact) mass is 232 g/mol. The van der Waals surface area contributed by atoms with Crippen LogP contribution in [-0.4, -0.2) is 34.8 Å². The minimum Gasteiger partial charge on any atom is -0.475 e. The molecule has 1 atom stereocenters. The number of carboxylic acid groups (broad SMARTS) is 1. The van der Waals surface area contributed by atoms with Crippen molar-refractivity contribution in [1.29, 1.82) is 0 Å². The Kier molecular flexibility index (Phi) is 4.51. The fourth-order valence-electron chi connectivity index (χ4n) is 0.992. The summed E-state index contributed by atoms with van der Waals surface area (Å²) in [5.41, 5.74) is 0. The summed E-state index contributed by atoms with van der Waals surface area (Å²) < 4.78 is 21.2. The molecule has 1 N–H and O–H groups in total. The third-order valence-corrected chi connectivity index (χ3v) is 3.02. The van der Waals surface area contributed by atoms with E-state index in [4.69, 9.17) is 14.3 Å². The van der Waals surface area contributed by atoms with Gasteiger partial charge in [-0.15, -0.1) is 0 Å². The van der Waals surface area contributed by atoms with Gasteiger partial charge in [-0.25, -0.2) is 4.79 Å². The Morgan fingerprint density at radius 3 is 2.87 bits per heavy atom. The number of methoxy groups -OCH3 is 1. The molecule has 5 nitrogen and oxygen atoms in total. The molecule has 0 radical (unpaired) electrons. The number of aromatic carboxylic acids is 1. The van der Waals surface area contributed by atoms with Crippen LogP contribution in [0.15, 0.2) is 21.6 Å². The van der Waals surface area contributed by atoms with Crippen LogP contribution in [0, 0.1) is 0 Å². The van der Waals surface area contributed by atoms with E-state index in [9.17, 15) is 9.00 Å². The predicted molar refractivity (Wildman–Crippen MR) is 53.4 cm³/mol. The van der Waals surface area contributed by atoms with Crippen LogP contribution in [0.25, 0.3) is 0 Å². The molecule has 0 aliphatic rings. The second-order valence-electron chi connectivity index (χ2n) is 2.82. The first-order chi connectivity index (χ1) is 7.15. The zero-order chi connectivity index (χ0) is 11.3. The molecule has 0 aromatic carbocycles. The van der Waals surface area contributed by atoms with E-state index in [1.54, 1.807) is 7.11 Å². The zero-order valence-corrected chi connectivity index (χ0v) is 9.08. The van der Waals surface area contributed by atoms with Gasteiger partial charge in [-0.05, 0) is 18.6 Å². The molecule has 6 heteroatoms. The number of rotatable bonds is 6. The molecule has 15 heavy (non-hydrogen) atoms. The average molecular weight is 232 g/mol. The third-order valence-electron chi connectivity index (χ3n) is 1.69. The van der Waals surface area contributed by atoms with Gasteiger partial charge in [0.1, 0.15) is 0 Å². The molecule has 0 aliphatic heterocycles. The van der Waals surface area contributed by atoms with Crippen molar-refractivity contribution in [3.05, 3.63) is 17.9 Å². The molecule has 1 unspecified atom stereocenters. The number of hydrogen-bond acceptors (Lipinski definition) is 4. The van der Waals surface area contributed by atoms with Crippen LogP contribution >= 0.6 is 0 Å². The van der Waals surface area contributed by atoms with E-state index >= 15 is 0 Å². The highest BCUT2D eigenvalue weighted by Crippen LogP contribution is 2.12. The fraction of sp³-hybridized carbons (Fsp3) is 0.444. The largest absolute Gasteiger partial charge is 0.475 e. The molecular formula is C9H12O5S. The van der Waals surface area contributed by atoms with Crippen molar-refractivity contribution in [3.63, 3.8) is 0 Å². The van der Waals surface area contributed by atoms with E-state index in [0.717, 1.165) is 0 Å². The van der Waals surface area contributed by atoms with Gasteiger partial charge in [0.05, 0.1) is 10.8 Å². The van der Waals surface area contributed by atoms with Gasteiger partial charge in [0.15, 0.2) is 5.09 Å². The predicted octanol–water partition coefficient (Wildman–Crippen LogP) is 1.12. The molecule has 1 rings (SSSR count). The Bertz CT molecular complexity index is 357. The first kappa shape index (κ1) is 11.9. The van der Waals surface area contributed by atoms with E-state index in [2.05, 4.69) is 0 Å². The molecule has 1 aromatic heterocycles. The molecule has 0 saturated heterocycles. The Hall–Kier alpha value is -1.14. The summed E-state index contributed by atoms with van der Waals surface area (Å²) in [4.78, 5) is 10.5. The number of hydrogen-bond donors (Lipinski definition) is 1. The lowest BCUT2D eigenvalue weighted by atomic mass is 10.5. The highest BCUT2D eigenvalue weighted by Gasteiger charge is 2.13. The van der Waals surface area contributed by atoms with Gasteiger partial charge in [0.2, 0.25) is 5.76 Å². The van der Waals surface area contributed by atoms with Crippen LogP contribution < -0.4 is 0 Å². The van der Waals surface area contributed by atoms with E-state index in [0.29, 0.717) is 18.8 Å². The summed E-state index contributed by atoms with van der Waals surface area (Å²) in [6.45, 7) is 0.526. The molecular weight excluding hydrogens is 220 g/mol. The molecule has 84 valence electrons. The first-order valence-corrected chi connectivity index (χ1v) is 5.67. The normalized spacial score (nSPS) is 12.6. The molecule has 0 bridgehead atoms. The van der Waals surface area contributed by atoms with E-state index in [1.165, 1.54) is 12.1 Å². The highest BCUT2D eigenvalue weighted by atomic mass is 32.2. The molecule has 1 aromatic rings. The van der Waals surface area contributed by atoms with Crippen LogP contribution in [0.4, 0.5) is 0 Å². The van der Waals surface area contributed by atoms with Crippen molar-refractivity contribution >= 4 is 16.8 Å². The molecule has 0 saturated carbocycles. The van der Waals surface area contributed by atoms with Gasteiger partial charge >= 0.3 is 5.97 Å². The molecule has 0 amide bonds. The summed E-state index contributed by atoms with van der Waals surface area (Å²) in [6.07, 6.45) is 0.645. The standard InChI is InChI=1S/C9H12O5S/c1-13-5-2-6-15(12)8-4-3-7(14-8)9(10)11/h3-4H,2,5-6H2,1H3,(H,10,11). The van der Waals surface area contributed by atoms with Crippen LogP contribution in [0.5, 0.6) is 0 Å². The lowest BCUT2D eigenvalue weighted by Gasteiger charge is -1.97. The lowest BCUT2D eigenvalue weighted by Crippen LogP contribution is -2.01. The molecule has 0 spiro atoms. The van der Waals surface area contributed by atoms with Gasteiger partial charge in [0.25, 0.3) is 0 Å². The number of furan rings is 1. The second-order valence-corrected chi connectivity index (χ2v) is 4.32. The van der Waals surface area contributed by atoms with Crippen LogP contribution in [-0.2, 0) is 15.5 Å². The topological polar surface area (TPSA) is 76.7 Å². The summed E-state index contributed by atoms with van der Waals surface area (Å²) in [5.74, 6) is -0.944. The van der Waals surface area contributed by atoms with Crippen molar-refractivity contribution in [3.8, 4) is 0 Å². The van der Waals surface area contributed by atoms with Crippen molar-refractivity contribution in [2.75, 3.05) is 19.5 Å². The van der Waals surface area contributed by atoms with E-state index in [-0.39, 0.29) is 10.9 Å². The van der Waals surface area contributed by atoms with Crippen molar-refractivity contribution < 1.29 is 23.3 Å². The summed E-state index contributed by atoms with van der Waals surface area (Å²) >= 11 is 0. The highest BCUT2D eigenvalue weighted by molar-refractivity contribution is 7.84.